The van der Waals surface area contributed by atoms with Crippen LogP contribution in [0.4, 0.5) is 13.2 Å². The summed E-state index contributed by atoms with van der Waals surface area (Å²) in [5.74, 6) is -1.35. The Morgan fingerprint density at radius 3 is 2.23 bits per heavy atom. The molecule has 0 heterocycles. The topological polar surface area (TPSA) is 49.3 Å². The summed E-state index contributed by atoms with van der Waals surface area (Å²) in [6, 6.07) is 12.1. The van der Waals surface area contributed by atoms with Crippen LogP contribution in [-0.2, 0) is 17.5 Å². The molecule has 22 heavy (non-hydrogen) atoms. The number of carboxylic acid groups (broad SMARTS) is 1. The number of aliphatic carboxylic acids is 1. The van der Waals surface area contributed by atoms with Gasteiger partial charge in [-0.05, 0) is 17.2 Å². The summed E-state index contributed by atoms with van der Waals surface area (Å²) >= 11 is 0. The summed E-state index contributed by atoms with van der Waals surface area (Å²) < 4.78 is 39.0. The number of carboxylic acids is 1. The minimum atomic E-state index is -4.60. The van der Waals surface area contributed by atoms with Gasteiger partial charge in [-0.15, -0.1) is 0 Å². The molecule has 0 amide bonds. The molecule has 1 unspecified atom stereocenters. The van der Waals surface area contributed by atoms with Gasteiger partial charge < -0.3 is 5.11 Å². The van der Waals surface area contributed by atoms with E-state index in [2.05, 4.69) is 5.32 Å². The van der Waals surface area contributed by atoms with Gasteiger partial charge in [-0.2, -0.15) is 13.2 Å². The van der Waals surface area contributed by atoms with E-state index in [1.165, 1.54) is 18.2 Å². The fraction of sp³-hybridized carbons (Fsp3) is 0.188. The van der Waals surface area contributed by atoms with Crippen LogP contribution in [0.5, 0.6) is 0 Å². The molecule has 3 nitrogen and oxygen atoms in total. The fourth-order valence-electron chi connectivity index (χ4n) is 2.15. The molecule has 0 aromatic heterocycles. The van der Waals surface area contributed by atoms with Crippen LogP contribution >= 0.6 is 0 Å². The van der Waals surface area contributed by atoms with Crippen molar-refractivity contribution in [1.82, 2.24) is 5.32 Å². The molecule has 2 N–H and O–H groups in total. The summed E-state index contributed by atoms with van der Waals surface area (Å²) in [7, 11) is 0. The van der Waals surface area contributed by atoms with E-state index >= 15 is 0 Å². The molecule has 0 bridgehead atoms. The molecule has 1 atom stereocenters. The van der Waals surface area contributed by atoms with Crippen LogP contribution in [0.2, 0.25) is 0 Å². The number of hydrogen-bond donors (Lipinski definition) is 2. The Morgan fingerprint density at radius 1 is 1.05 bits per heavy atom. The molecule has 0 saturated heterocycles. The monoisotopic (exact) mass is 309 g/mol. The second-order valence-electron chi connectivity index (χ2n) is 4.72. The lowest BCUT2D eigenvalue weighted by atomic mass is 9.99. The van der Waals surface area contributed by atoms with Gasteiger partial charge in [0.2, 0.25) is 0 Å². The fourth-order valence-corrected chi connectivity index (χ4v) is 2.15. The summed E-state index contributed by atoms with van der Waals surface area (Å²) in [5, 5.41) is 11.9. The Labute approximate surface area is 125 Å². The number of rotatable bonds is 5. The summed E-state index contributed by atoms with van der Waals surface area (Å²) in [4.78, 5) is 11.4. The maximum atomic E-state index is 13.0. The second-order valence-corrected chi connectivity index (χ2v) is 4.72. The first-order valence-electron chi connectivity index (χ1n) is 6.56. The highest BCUT2D eigenvalue weighted by Crippen LogP contribution is 2.34. The zero-order valence-corrected chi connectivity index (χ0v) is 11.5. The van der Waals surface area contributed by atoms with Crippen molar-refractivity contribution in [1.29, 1.82) is 0 Å². The molecular formula is C16H14F3NO2. The van der Waals surface area contributed by atoms with Gasteiger partial charge >= 0.3 is 12.1 Å². The normalized spacial score (nSPS) is 12.9. The van der Waals surface area contributed by atoms with Crippen molar-refractivity contribution in [3.05, 3.63) is 71.3 Å². The molecular weight excluding hydrogens is 295 g/mol. The van der Waals surface area contributed by atoms with Crippen molar-refractivity contribution in [2.24, 2.45) is 0 Å². The van der Waals surface area contributed by atoms with Gasteiger partial charge in [0, 0.05) is 6.54 Å². The van der Waals surface area contributed by atoms with E-state index in [-0.39, 0.29) is 12.1 Å². The van der Waals surface area contributed by atoms with Gasteiger partial charge in [-0.1, -0.05) is 48.5 Å². The van der Waals surface area contributed by atoms with E-state index in [4.69, 9.17) is 0 Å². The maximum Gasteiger partial charge on any atom is 0.416 e. The van der Waals surface area contributed by atoms with Gasteiger partial charge in [0.05, 0.1) is 5.56 Å². The Morgan fingerprint density at radius 2 is 1.64 bits per heavy atom. The largest absolute Gasteiger partial charge is 0.480 e. The predicted octanol–water partition coefficient (Wildman–Crippen LogP) is 3.62. The number of halogens is 3. The third-order valence-corrected chi connectivity index (χ3v) is 3.18. The van der Waals surface area contributed by atoms with Gasteiger partial charge in [0.1, 0.15) is 6.04 Å². The van der Waals surface area contributed by atoms with Crippen molar-refractivity contribution in [2.75, 3.05) is 0 Å². The van der Waals surface area contributed by atoms with Gasteiger partial charge in [-0.25, -0.2) is 0 Å². The Kier molecular flexibility index (Phi) is 4.82. The van der Waals surface area contributed by atoms with Crippen LogP contribution in [-0.4, -0.2) is 11.1 Å². The minimum Gasteiger partial charge on any atom is -0.480 e. The van der Waals surface area contributed by atoms with Crippen LogP contribution in [0, 0.1) is 0 Å². The van der Waals surface area contributed by atoms with Gasteiger partial charge in [-0.3, -0.25) is 10.1 Å². The van der Waals surface area contributed by atoms with Gasteiger partial charge in [0.25, 0.3) is 0 Å². The van der Waals surface area contributed by atoms with Crippen LogP contribution in [0.15, 0.2) is 54.6 Å². The molecule has 6 heteroatoms. The molecule has 0 saturated carbocycles. The Balaban J connectivity index is 2.28. The molecule has 2 aromatic carbocycles. The van der Waals surface area contributed by atoms with E-state index in [1.54, 1.807) is 30.3 Å². The molecule has 2 rings (SSSR count). The van der Waals surface area contributed by atoms with E-state index in [0.717, 1.165) is 11.6 Å². The van der Waals surface area contributed by atoms with Gasteiger partial charge in [0.15, 0.2) is 0 Å². The lowest BCUT2D eigenvalue weighted by Crippen LogP contribution is -2.30. The molecule has 2 aromatic rings. The summed E-state index contributed by atoms with van der Waals surface area (Å²) in [6.45, 7) is 0.157. The number of alkyl halides is 3. The van der Waals surface area contributed by atoms with Crippen molar-refractivity contribution in [2.45, 2.75) is 18.8 Å². The third kappa shape index (κ3) is 3.85. The smallest absolute Gasteiger partial charge is 0.416 e. The number of hydrogen-bond acceptors (Lipinski definition) is 2. The van der Waals surface area contributed by atoms with Crippen LogP contribution in [0.3, 0.4) is 0 Å². The minimum absolute atomic E-state index is 0.157. The number of carbonyl (C=O) groups is 1. The average Bonchev–Trinajstić information content (AvgIpc) is 2.47. The van der Waals surface area contributed by atoms with Crippen molar-refractivity contribution in [3.8, 4) is 0 Å². The highest BCUT2D eigenvalue weighted by atomic mass is 19.4. The third-order valence-electron chi connectivity index (χ3n) is 3.18. The molecule has 0 aliphatic carbocycles. The zero-order valence-electron chi connectivity index (χ0n) is 11.5. The molecule has 0 spiro atoms. The number of nitrogens with one attached hydrogen (secondary N) is 1. The molecule has 0 fully saturated rings. The van der Waals surface area contributed by atoms with Crippen molar-refractivity contribution < 1.29 is 23.1 Å². The van der Waals surface area contributed by atoms with E-state index in [0.29, 0.717) is 0 Å². The lowest BCUT2D eigenvalue weighted by molar-refractivity contribution is -0.142. The van der Waals surface area contributed by atoms with Crippen molar-refractivity contribution >= 4 is 5.97 Å². The standard InChI is InChI=1S/C16H14F3NO2/c17-16(18,19)13-9-5-4-8-12(13)14(15(21)22)20-10-11-6-2-1-3-7-11/h1-9,14,20H,10H2,(H,21,22). The average molecular weight is 309 g/mol. The SMILES string of the molecule is O=C(O)C(NCc1ccccc1)c1ccccc1C(F)(F)F. The first-order valence-corrected chi connectivity index (χ1v) is 6.56. The first kappa shape index (κ1) is 16.0. The summed E-state index contributed by atoms with van der Waals surface area (Å²) in [5.41, 5.74) is -0.445. The molecule has 0 radical (unpaired) electrons. The van der Waals surface area contributed by atoms with Crippen molar-refractivity contribution in [3.63, 3.8) is 0 Å². The number of benzene rings is 2. The highest BCUT2D eigenvalue weighted by molar-refractivity contribution is 5.76. The van der Waals surface area contributed by atoms with Crippen LogP contribution in [0.1, 0.15) is 22.7 Å². The van der Waals surface area contributed by atoms with E-state index in [1.807, 2.05) is 0 Å². The first-order chi connectivity index (χ1) is 10.4. The van der Waals surface area contributed by atoms with Crippen LogP contribution < -0.4 is 5.32 Å². The highest BCUT2D eigenvalue weighted by Gasteiger charge is 2.36. The van der Waals surface area contributed by atoms with Crippen LogP contribution in [0.25, 0.3) is 0 Å². The Hall–Kier alpha value is -2.34. The maximum absolute atomic E-state index is 13.0. The zero-order chi connectivity index (χ0) is 16.2. The lowest BCUT2D eigenvalue weighted by Gasteiger charge is -2.19. The summed E-state index contributed by atoms with van der Waals surface area (Å²) in [6.07, 6.45) is -4.60. The molecule has 0 aliphatic rings. The quantitative estimate of drug-likeness (QED) is 0.887. The molecule has 116 valence electrons. The van der Waals surface area contributed by atoms with E-state index in [9.17, 15) is 23.1 Å². The Bertz CT molecular complexity index is 641. The predicted molar refractivity (Wildman–Crippen MR) is 75.1 cm³/mol. The van der Waals surface area contributed by atoms with E-state index < -0.39 is 23.8 Å². The second kappa shape index (κ2) is 6.62. The molecule has 0 aliphatic heterocycles.